The van der Waals surface area contributed by atoms with Crippen molar-refractivity contribution in [3.05, 3.63) is 29.8 Å². The molecule has 1 aromatic carbocycles. The molecule has 0 amide bonds. The summed E-state index contributed by atoms with van der Waals surface area (Å²) in [7, 11) is 1.52. The Morgan fingerprint density at radius 1 is 0.955 bits per heavy atom. The fourth-order valence-electron chi connectivity index (χ4n) is 2.25. The Hall–Kier alpha value is -1.55. The van der Waals surface area contributed by atoms with Gasteiger partial charge in [-0.15, -0.1) is 0 Å². The van der Waals surface area contributed by atoms with Gasteiger partial charge >= 0.3 is 5.97 Å². The van der Waals surface area contributed by atoms with Crippen LogP contribution >= 0.6 is 0 Å². The second-order valence-electron chi connectivity index (χ2n) is 5.37. The summed E-state index contributed by atoms with van der Waals surface area (Å²) >= 11 is 0. The van der Waals surface area contributed by atoms with Gasteiger partial charge in [0.15, 0.2) is 0 Å². The number of hydrogen-bond donors (Lipinski definition) is 0. The van der Waals surface area contributed by atoms with Crippen LogP contribution in [0.25, 0.3) is 0 Å². The smallest absolute Gasteiger partial charge is 0.376 e. The van der Waals surface area contributed by atoms with E-state index in [1.807, 2.05) is 0 Å². The lowest BCUT2D eigenvalue weighted by atomic mass is 10.1. The van der Waals surface area contributed by atoms with E-state index in [1.54, 1.807) is 24.3 Å². The molecule has 0 saturated carbocycles. The lowest BCUT2D eigenvalue weighted by Gasteiger charge is -2.07. The molecule has 4 heteroatoms. The first-order chi connectivity index (χ1) is 10.8. The number of hydrogen-bond acceptors (Lipinski definition) is 4. The predicted octanol–water partition coefficient (Wildman–Crippen LogP) is 4.92. The van der Waals surface area contributed by atoms with Crippen LogP contribution in [-0.2, 0) is 9.78 Å². The zero-order chi connectivity index (χ0) is 16.0. The quantitative estimate of drug-likeness (QED) is 0.312. The van der Waals surface area contributed by atoms with Gasteiger partial charge in [-0.05, 0) is 18.6 Å². The minimum Gasteiger partial charge on any atom is -0.496 e. The summed E-state index contributed by atoms with van der Waals surface area (Å²) in [5, 5.41) is 0. The number of methoxy groups -OCH3 is 1. The first-order valence-electron chi connectivity index (χ1n) is 8.26. The van der Waals surface area contributed by atoms with Crippen LogP contribution in [0.5, 0.6) is 5.75 Å². The number of carbonyl (C=O) groups is 1. The number of unbranched alkanes of at least 4 members (excludes halogenated alkanes) is 7. The summed E-state index contributed by atoms with van der Waals surface area (Å²) in [6, 6.07) is 6.94. The first kappa shape index (κ1) is 18.5. The summed E-state index contributed by atoms with van der Waals surface area (Å²) in [4.78, 5) is 21.6. The summed E-state index contributed by atoms with van der Waals surface area (Å²) in [5.41, 5.74) is 0.376. The number of rotatable bonds is 12. The number of ether oxygens (including phenoxy) is 1. The standard InChI is InChI=1S/C18H28O4/c1-3-4-5-6-7-8-9-12-15-21-22-18(19)16-13-10-11-14-17(16)20-2/h10-11,13-14H,3-9,12,15H2,1-2H3. The molecular weight excluding hydrogens is 280 g/mol. The Morgan fingerprint density at radius 2 is 1.59 bits per heavy atom. The maximum Gasteiger partial charge on any atom is 0.376 e. The van der Waals surface area contributed by atoms with E-state index in [1.165, 1.54) is 45.6 Å². The highest BCUT2D eigenvalue weighted by molar-refractivity contribution is 5.92. The third-order valence-corrected chi connectivity index (χ3v) is 3.54. The van der Waals surface area contributed by atoms with Crippen LogP contribution in [0.2, 0.25) is 0 Å². The van der Waals surface area contributed by atoms with E-state index in [2.05, 4.69) is 6.92 Å². The third kappa shape index (κ3) is 7.46. The van der Waals surface area contributed by atoms with E-state index in [9.17, 15) is 4.79 Å². The molecule has 124 valence electrons. The van der Waals surface area contributed by atoms with E-state index in [-0.39, 0.29) is 0 Å². The predicted molar refractivity (Wildman–Crippen MR) is 87.0 cm³/mol. The number of para-hydroxylation sites is 1. The number of benzene rings is 1. The van der Waals surface area contributed by atoms with Gasteiger partial charge in [0, 0.05) is 0 Å². The SMILES string of the molecule is CCCCCCCCCCOOC(=O)c1ccccc1OC. The minimum absolute atomic E-state index is 0.376. The molecule has 0 radical (unpaired) electrons. The van der Waals surface area contributed by atoms with E-state index in [0.29, 0.717) is 17.9 Å². The van der Waals surface area contributed by atoms with Crippen molar-refractivity contribution in [3.8, 4) is 5.75 Å². The fourth-order valence-corrected chi connectivity index (χ4v) is 2.25. The Morgan fingerprint density at radius 3 is 2.27 bits per heavy atom. The second-order valence-corrected chi connectivity index (χ2v) is 5.37. The van der Waals surface area contributed by atoms with Gasteiger partial charge in [-0.25, -0.2) is 4.79 Å². The van der Waals surface area contributed by atoms with Crippen molar-refractivity contribution in [2.75, 3.05) is 13.7 Å². The van der Waals surface area contributed by atoms with Crippen LogP contribution < -0.4 is 4.74 Å². The van der Waals surface area contributed by atoms with Crippen LogP contribution in [0.4, 0.5) is 0 Å². The van der Waals surface area contributed by atoms with Crippen LogP contribution in [-0.4, -0.2) is 19.7 Å². The summed E-state index contributed by atoms with van der Waals surface area (Å²) in [6.45, 7) is 2.67. The zero-order valence-electron chi connectivity index (χ0n) is 13.8. The van der Waals surface area contributed by atoms with E-state index in [0.717, 1.165) is 12.8 Å². The topological polar surface area (TPSA) is 44.8 Å². The van der Waals surface area contributed by atoms with Gasteiger partial charge in [0.2, 0.25) is 0 Å². The molecular formula is C18H28O4. The second kappa shape index (κ2) is 12.0. The van der Waals surface area contributed by atoms with Crippen molar-refractivity contribution in [2.45, 2.75) is 58.3 Å². The molecule has 0 unspecified atom stereocenters. The van der Waals surface area contributed by atoms with Crippen molar-refractivity contribution in [1.29, 1.82) is 0 Å². The lowest BCUT2D eigenvalue weighted by molar-refractivity contribution is -0.241. The first-order valence-corrected chi connectivity index (χ1v) is 8.26. The highest BCUT2D eigenvalue weighted by Crippen LogP contribution is 2.18. The minimum atomic E-state index is -0.517. The van der Waals surface area contributed by atoms with Gasteiger partial charge < -0.3 is 4.74 Å². The molecule has 4 nitrogen and oxygen atoms in total. The van der Waals surface area contributed by atoms with Crippen LogP contribution in [0.3, 0.4) is 0 Å². The maximum atomic E-state index is 11.8. The Bertz CT molecular complexity index is 417. The lowest BCUT2D eigenvalue weighted by Crippen LogP contribution is -2.08. The van der Waals surface area contributed by atoms with E-state index < -0.39 is 5.97 Å². The molecule has 0 N–H and O–H groups in total. The van der Waals surface area contributed by atoms with Crippen molar-refractivity contribution < 1.29 is 19.3 Å². The van der Waals surface area contributed by atoms with Gasteiger partial charge in [-0.2, -0.15) is 4.89 Å². The highest BCUT2D eigenvalue weighted by Gasteiger charge is 2.13. The van der Waals surface area contributed by atoms with E-state index >= 15 is 0 Å². The van der Waals surface area contributed by atoms with Gasteiger partial charge in [-0.1, -0.05) is 64.0 Å². The molecule has 0 aliphatic rings. The van der Waals surface area contributed by atoms with Gasteiger partial charge in [0.05, 0.1) is 13.7 Å². The Balaban J connectivity index is 2.06. The van der Waals surface area contributed by atoms with Crippen molar-refractivity contribution in [1.82, 2.24) is 0 Å². The summed E-state index contributed by atoms with van der Waals surface area (Å²) in [5.74, 6) is -0.0276. The molecule has 0 atom stereocenters. The monoisotopic (exact) mass is 308 g/mol. The molecule has 1 aromatic rings. The third-order valence-electron chi connectivity index (χ3n) is 3.54. The molecule has 0 aliphatic carbocycles. The Kier molecular flexibility index (Phi) is 10.1. The Labute approximate surface area is 133 Å². The van der Waals surface area contributed by atoms with Crippen LogP contribution in [0.1, 0.15) is 68.6 Å². The molecule has 0 heterocycles. The van der Waals surface area contributed by atoms with Crippen molar-refractivity contribution >= 4 is 5.97 Å². The summed E-state index contributed by atoms with van der Waals surface area (Å²) < 4.78 is 5.11. The van der Waals surface area contributed by atoms with Gasteiger partial charge in [0.25, 0.3) is 0 Å². The van der Waals surface area contributed by atoms with Crippen molar-refractivity contribution in [2.24, 2.45) is 0 Å². The largest absolute Gasteiger partial charge is 0.496 e. The fraction of sp³-hybridized carbons (Fsp3) is 0.611. The molecule has 0 saturated heterocycles. The van der Waals surface area contributed by atoms with Crippen molar-refractivity contribution in [3.63, 3.8) is 0 Å². The molecule has 0 aromatic heterocycles. The van der Waals surface area contributed by atoms with Gasteiger partial charge in [0.1, 0.15) is 11.3 Å². The van der Waals surface area contributed by atoms with E-state index in [4.69, 9.17) is 14.5 Å². The molecule has 0 aliphatic heterocycles. The maximum absolute atomic E-state index is 11.8. The average molecular weight is 308 g/mol. The molecule has 22 heavy (non-hydrogen) atoms. The van der Waals surface area contributed by atoms with Crippen LogP contribution in [0, 0.1) is 0 Å². The normalized spacial score (nSPS) is 10.5. The highest BCUT2D eigenvalue weighted by atomic mass is 17.2. The molecule has 0 bridgehead atoms. The summed E-state index contributed by atoms with van der Waals surface area (Å²) in [6.07, 6.45) is 9.79. The molecule has 1 rings (SSSR count). The number of carbonyl (C=O) groups excluding carboxylic acids is 1. The average Bonchev–Trinajstić information content (AvgIpc) is 2.56. The molecule has 0 spiro atoms. The van der Waals surface area contributed by atoms with Gasteiger partial charge in [-0.3, -0.25) is 4.89 Å². The molecule has 0 fully saturated rings. The van der Waals surface area contributed by atoms with Crippen LogP contribution in [0.15, 0.2) is 24.3 Å². The zero-order valence-corrected chi connectivity index (χ0v) is 13.8.